The predicted molar refractivity (Wildman–Crippen MR) is 366 cm³/mol. The van der Waals surface area contributed by atoms with Gasteiger partial charge in [0.2, 0.25) is 0 Å². The molecule has 4 aliphatic carbocycles. The average Bonchev–Trinajstić information content (AvgIpc) is 2.24. The molecule has 0 bridgehead atoms. The Morgan fingerprint density at radius 1 is 0.307 bits per heavy atom. The number of hydrogen-bond donors (Lipinski definition) is 0. The number of nitrogens with zero attached hydrogens (tertiary/aromatic N) is 2. The second-order valence-corrected chi connectivity index (χ2v) is 24.0. The maximum Gasteiger partial charge on any atom is 0.0726 e. The molecule has 1 heterocycles. The van der Waals surface area contributed by atoms with Gasteiger partial charge in [0, 0.05) is 39.0 Å². The second kappa shape index (κ2) is 19.8. The van der Waals surface area contributed by atoms with Gasteiger partial charge in [-0.15, -0.1) is 0 Å². The van der Waals surface area contributed by atoms with Crippen LogP contribution >= 0.6 is 0 Å². The van der Waals surface area contributed by atoms with Crippen LogP contribution in [0, 0.1) is 0 Å². The summed E-state index contributed by atoms with van der Waals surface area (Å²) in [7, 11) is 0. The van der Waals surface area contributed by atoms with Crippen LogP contribution in [0.15, 0.2) is 333 Å². The molecule has 412 valence electrons. The van der Waals surface area contributed by atoms with Crippen molar-refractivity contribution in [2.24, 2.45) is 0 Å². The molecule has 0 aliphatic heterocycles. The quantitative estimate of drug-likeness (QED) is 0.140. The van der Waals surface area contributed by atoms with E-state index in [-0.39, 0.29) is 0 Å². The van der Waals surface area contributed by atoms with E-state index in [2.05, 4.69) is 337 Å². The number of para-hydroxylation sites is 1. The third-order valence-electron chi connectivity index (χ3n) is 19.8. The molecular weight excluding hydrogens is 1060 g/mol. The third-order valence-corrected chi connectivity index (χ3v) is 19.8. The molecule has 0 saturated carbocycles. The van der Waals surface area contributed by atoms with Crippen LogP contribution in [0.2, 0.25) is 0 Å². The minimum Gasteiger partial charge on any atom is -0.314 e. The highest BCUT2D eigenvalue weighted by Gasteiger charge is 2.52. The summed E-state index contributed by atoms with van der Waals surface area (Å²) in [5.74, 6) is 0. The highest BCUT2D eigenvalue weighted by molar-refractivity contribution is 6.12. The lowest BCUT2D eigenvalue weighted by Crippen LogP contribution is -2.28. The SMILES string of the molecule is C1=CC(c2ccccc2-c2ccc3c4ccccc4n(-c4cccc5c4-c4ccccc4C5(c4ccccc4)c4ccccc4)c3c2)=C(N(c2ccc(-c3ccccc3)cc2)c2ccc3c(c2)C2(c4ccccc4-c4ccccc42)c2ccccc2-3)CC1. The molecule has 0 amide bonds. The molecule has 88 heavy (non-hydrogen) atoms. The predicted octanol–water partition coefficient (Wildman–Crippen LogP) is 21.7. The lowest BCUT2D eigenvalue weighted by Gasteiger charge is -2.34. The summed E-state index contributed by atoms with van der Waals surface area (Å²) in [6.45, 7) is 0. The fourth-order valence-electron chi connectivity index (χ4n) is 16.3. The van der Waals surface area contributed by atoms with E-state index in [0.717, 1.165) is 24.2 Å². The zero-order valence-electron chi connectivity index (χ0n) is 48.5. The van der Waals surface area contributed by atoms with Crippen LogP contribution in [-0.4, -0.2) is 4.57 Å². The monoisotopic (exact) mass is 1120 g/mol. The van der Waals surface area contributed by atoms with Crippen LogP contribution in [-0.2, 0) is 10.8 Å². The Morgan fingerprint density at radius 2 is 0.795 bits per heavy atom. The van der Waals surface area contributed by atoms with Crippen molar-refractivity contribution in [2.75, 3.05) is 4.90 Å². The topological polar surface area (TPSA) is 8.17 Å². The highest BCUT2D eigenvalue weighted by Crippen LogP contribution is 2.64. The molecule has 0 fully saturated rings. The Balaban J connectivity index is 0.843. The largest absolute Gasteiger partial charge is 0.314 e. The van der Waals surface area contributed by atoms with Crippen molar-refractivity contribution in [3.8, 4) is 61.3 Å². The van der Waals surface area contributed by atoms with Gasteiger partial charge in [-0.25, -0.2) is 0 Å². The number of hydrogen-bond acceptors (Lipinski definition) is 1. The minimum absolute atomic E-state index is 0.481. The normalized spacial score (nSPS) is 14.4. The zero-order chi connectivity index (χ0) is 57.9. The molecule has 0 unspecified atom stereocenters. The zero-order valence-corrected chi connectivity index (χ0v) is 48.5. The van der Waals surface area contributed by atoms with Gasteiger partial charge in [0.1, 0.15) is 0 Å². The molecule has 0 atom stereocenters. The van der Waals surface area contributed by atoms with Crippen molar-refractivity contribution >= 4 is 38.8 Å². The smallest absolute Gasteiger partial charge is 0.0726 e. The lowest BCUT2D eigenvalue weighted by molar-refractivity contribution is 0.768. The summed E-state index contributed by atoms with van der Waals surface area (Å²) in [6.07, 6.45) is 6.57. The van der Waals surface area contributed by atoms with Gasteiger partial charge >= 0.3 is 0 Å². The molecule has 13 aromatic carbocycles. The third kappa shape index (κ3) is 7.12. The molecule has 0 N–H and O–H groups in total. The van der Waals surface area contributed by atoms with Crippen molar-refractivity contribution in [2.45, 2.75) is 23.7 Å². The fraction of sp³-hybridized carbons (Fsp3) is 0.0465. The number of allylic oxidation sites excluding steroid dienone is 4. The van der Waals surface area contributed by atoms with E-state index in [9.17, 15) is 0 Å². The second-order valence-electron chi connectivity index (χ2n) is 24.0. The maximum absolute atomic E-state index is 2.59. The van der Waals surface area contributed by atoms with Crippen LogP contribution in [0.4, 0.5) is 11.4 Å². The van der Waals surface area contributed by atoms with Gasteiger partial charge in [-0.1, -0.05) is 285 Å². The van der Waals surface area contributed by atoms with E-state index < -0.39 is 10.8 Å². The molecular formula is C86H58N2. The molecule has 18 rings (SSSR count). The summed E-state index contributed by atoms with van der Waals surface area (Å²) in [6, 6.07) is 119. The van der Waals surface area contributed by atoms with Crippen LogP contribution in [0.3, 0.4) is 0 Å². The first-order chi connectivity index (χ1) is 43.7. The standard InChI is InChI=1S/C86H58N2/c1-4-25-57(26-5-1)58-47-50-62(51-48-58)87(63-52-54-69-68-35-14-20-41-76(68)86(79(69)56-63)74-39-18-12-33-66(74)67-34-13-19-40-75(67)86)80-44-22-16-36-70(80)65-32-11-10-31-64(65)59-49-53-72-71-37-17-23-45-81(71)88(83(72)55-59)82-46-24-43-78-84(82)73-38-15-21-42-77(73)85(78,60-27-6-2-7-28-60)61-29-8-3-9-30-61/h1-21,23-43,45-56H,22,44H2. The summed E-state index contributed by atoms with van der Waals surface area (Å²) in [5, 5.41) is 2.46. The van der Waals surface area contributed by atoms with Gasteiger partial charge in [-0.3, -0.25) is 0 Å². The Morgan fingerprint density at radius 3 is 1.45 bits per heavy atom. The van der Waals surface area contributed by atoms with Crippen LogP contribution in [0.25, 0.3) is 88.7 Å². The van der Waals surface area contributed by atoms with Crippen LogP contribution in [0.5, 0.6) is 0 Å². The maximum atomic E-state index is 2.59. The number of anilines is 2. The Kier molecular flexibility index (Phi) is 11.3. The Labute approximate surface area is 513 Å². The van der Waals surface area contributed by atoms with Crippen molar-refractivity contribution < 1.29 is 0 Å². The van der Waals surface area contributed by atoms with E-state index in [4.69, 9.17) is 0 Å². The number of rotatable bonds is 9. The first-order valence-corrected chi connectivity index (χ1v) is 31.0. The lowest BCUT2D eigenvalue weighted by atomic mass is 9.68. The van der Waals surface area contributed by atoms with Crippen molar-refractivity contribution in [1.29, 1.82) is 0 Å². The average molecular weight is 1120 g/mol. The molecule has 1 aromatic heterocycles. The molecule has 14 aromatic rings. The molecule has 0 saturated heterocycles. The molecule has 4 aliphatic rings. The summed E-state index contributed by atoms with van der Waals surface area (Å²) in [5.41, 5.74) is 31.5. The van der Waals surface area contributed by atoms with Gasteiger partial charge in [-0.2, -0.15) is 0 Å². The van der Waals surface area contributed by atoms with Crippen LogP contribution < -0.4 is 4.90 Å². The number of benzene rings is 13. The van der Waals surface area contributed by atoms with E-state index in [1.165, 1.54) is 144 Å². The summed E-state index contributed by atoms with van der Waals surface area (Å²) < 4.78 is 2.56. The Bertz CT molecular complexity index is 5090. The minimum atomic E-state index is -0.524. The Hall–Kier alpha value is -11.1. The molecule has 2 nitrogen and oxygen atoms in total. The van der Waals surface area contributed by atoms with E-state index in [0.29, 0.717) is 0 Å². The number of aromatic nitrogens is 1. The summed E-state index contributed by atoms with van der Waals surface area (Å²) in [4.78, 5) is 2.59. The fourth-order valence-corrected chi connectivity index (χ4v) is 16.3. The van der Waals surface area contributed by atoms with Gasteiger partial charge in [0.05, 0.1) is 27.6 Å². The van der Waals surface area contributed by atoms with Gasteiger partial charge < -0.3 is 9.47 Å². The molecule has 0 radical (unpaired) electrons. The van der Waals surface area contributed by atoms with Crippen molar-refractivity contribution in [1.82, 2.24) is 4.57 Å². The van der Waals surface area contributed by atoms with E-state index in [1.54, 1.807) is 0 Å². The summed E-state index contributed by atoms with van der Waals surface area (Å²) >= 11 is 0. The van der Waals surface area contributed by atoms with Crippen molar-refractivity contribution in [3.63, 3.8) is 0 Å². The van der Waals surface area contributed by atoms with Gasteiger partial charge in [-0.05, 0) is 155 Å². The number of fused-ring (bicyclic) bond motifs is 16. The first-order valence-electron chi connectivity index (χ1n) is 31.0. The molecule has 2 heteroatoms. The van der Waals surface area contributed by atoms with E-state index in [1.807, 2.05) is 0 Å². The van der Waals surface area contributed by atoms with Crippen molar-refractivity contribution in [3.05, 3.63) is 383 Å². The highest BCUT2D eigenvalue weighted by atomic mass is 15.2. The van der Waals surface area contributed by atoms with Gasteiger partial charge in [0.15, 0.2) is 0 Å². The molecule has 1 spiro atoms. The van der Waals surface area contributed by atoms with Crippen LogP contribution in [0.1, 0.15) is 62.9 Å². The first kappa shape index (κ1) is 50.3. The van der Waals surface area contributed by atoms with Gasteiger partial charge in [0.25, 0.3) is 0 Å². The van der Waals surface area contributed by atoms with E-state index >= 15 is 0 Å².